The summed E-state index contributed by atoms with van der Waals surface area (Å²) in [5.41, 5.74) is 5.26. The first-order chi connectivity index (χ1) is 11.9. The molecule has 1 amide bonds. The van der Waals surface area contributed by atoms with Crippen LogP contribution in [0, 0.1) is 13.8 Å². The van der Waals surface area contributed by atoms with Crippen molar-refractivity contribution in [3.63, 3.8) is 0 Å². The lowest BCUT2D eigenvalue weighted by molar-refractivity contribution is -0.116. The predicted molar refractivity (Wildman–Crippen MR) is 104 cm³/mol. The molecule has 0 fully saturated rings. The van der Waals surface area contributed by atoms with Crippen LogP contribution in [-0.4, -0.2) is 23.5 Å². The first-order valence-electron chi connectivity index (χ1n) is 8.56. The van der Waals surface area contributed by atoms with E-state index in [1.807, 2.05) is 25.1 Å². The molecule has 25 heavy (non-hydrogen) atoms. The number of amides is 1. The molecular weight excluding hydrogens is 330 g/mol. The van der Waals surface area contributed by atoms with Crippen LogP contribution in [-0.2, 0) is 11.2 Å². The number of carbonyl (C=O) groups excluding carboxylic acids is 2. The molecule has 1 unspecified atom stereocenters. The molecule has 3 rings (SSSR count). The van der Waals surface area contributed by atoms with Crippen LogP contribution in [0.3, 0.4) is 0 Å². The summed E-state index contributed by atoms with van der Waals surface area (Å²) in [5, 5.41) is -0.148. The predicted octanol–water partition coefficient (Wildman–Crippen LogP) is 4.58. The topological polar surface area (TPSA) is 37.4 Å². The van der Waals surface area contributed by atoms with E-state index in [4.69, 9.17) is 0 Å². The molecule has 1 heterocycles. The second-order valence-electron chi connectivity index (χ2n) is 6.63. The third-order valence-electron chi connectivity index (χ3n) is 4.80. The van der Waals surface area contributed by atoms with E-state index in [-0.39, 0.29) is 16.9 Å². The molecule has 0 radical (unpaired) electrons. The standard InChI is InChI=1S/C21H23NO2S/c1-13-5-7-19(11-14(13)2)25-15(3)21(24)18-6-8-20-17(12-18)9-10-22(20)16(4)23/h5-8,11-12,15H,9-10H2,1-4H3. The van der Waals surface area contributed by atoms with Gasteiger partial charge in [0.1, 0.15) is 0 Å². The van der Waals surface area contributed by atoms with Gasteiger partial charge in [-0.2, -0.15) is 0 Å². The van der Waals surface area contributed by atoms with E-state index in [9.17, 15) is 9.59 Å². The Hall–Kier alpha value is -2.07. The van der Waals surface area contributed by atoms with Gasteiger partial charge < -0.3 is 4.90 Å². The van der Waals surface area contributed by atoms with Gasteiger partial charge in [-0.05, 0) is 74.2 Å². The van der Waals surface area contributed by atoms with Crippen LogP contribution < -0.4 is 4.90 Å². The highest BCUT2D eigenvalue weighted by Gasteiger charge is 2.24. The van der Waals surface area contributed by atoms with Crippen LogP contribution in [0.25, 0.3) is 0 Å². The summed E-state index contributed by atoms with van der Waals surface area (Å²) in [7, 11) is 0. The number of hydrogen-bond donors (Lipinski definition) is 0. The minimum atomic E-state index is -0.148. The van der Waals surface area contributed by atoms with Gasteiger partial charge in [0, 0.05) is 29.6 Å². The summed E-state index contributed by atoms with van der Waals surface area (Å²) < 4.78 is 0. The number of fused-ring (bicyclic) bond motifs is 1. The number of nitrogens with zero attached hydrogens (tertiary/aromatic N) is 1. The lowest BCUT2D eigenvalue weighted by Crippen LogP contribution is -2.25. The van der Waals surface area contributed by atoms with Crippen molar-refractivity contribution < 1.29 is 9.59 Å². The summed E-state index contributed by atoms with van der Waals surface area (Å²) in [6.07, 6.45) is 0.814. The number of Topliss-reactive ketones (excluding diaryl/α,β-unsaturated/α-hetero) is 1. The van der Waals surface area contributed by atoms with Crippen LogP contribution in [0.2, 0.25) is 0 Å². The van der Waals surface area contributed by atoms with E-state index < -0.39 is 0 Å². The maximum absolute atomic E-state index is 12.8. The van der Waals surface area contributed by atoms with Crippen molar-refractivity contribution in [1.29, 1.82) is 0 Å². The molecule has 0 N–H and O–H groups in total. The Morgan fingerprint density at radius 1 is 1.08 bits per heavy atom. The summed E-state index contributed by atoms with van der Waals surface area (Å²) in [4.78, 5) is 27.4. The monoisotopic (exact) mass is 353 g/mol. The van der Waals surface area contributed by atoms with Crippen molar-refractivity contribution in [2.45, 2.75) is 44.3 Å². The van der Waals surface area contributed by atoms with Crippen LogP contribution in [0.5, 0.6) is 0 Å². The maximum atomic E-state index is 12.8. The van der Waals surface area contributed by atoms with Crippen LogP contribution >= 0.6 is 11.8 Å². The molecule has 1 atom stereocenters. The van der Waals surface area contributed by atoms with E-state index in [2.05, 4.69) is 32.0 Å². The van der Waals surface area contributed by atoms with Crippen molar-refractivity contribution in [2.75, 3.05) is 11.4 Å². The number of rotatable bonds is 4. The van der Waals surface area contributed by atoms with Crippen LogP contribution in [0.15, 0.2) is 41.3 Å². The Morgan fingerprint density at radius 3 is 2.52 bits per heavy atom. The average molecular weight is 353 g/mol. The van der Waals surface area contributed by atoms with Gasteiger partial charge in [-0.25, -0.2) is 0 Å². The zero-order valence-corrected chi connectivity index (χ0v) is 15.9. The number of benzene rings is 2. The molecule has 3 nitrogen and oxygen atoms in total. The van der Waals surface area contributed by atoms with Gasteiger partial charge in [-0.3, -0.25) is 9.59 Å². The fraction of sp³-hybridized carbons (Fsp3) is 0.333. The number of hydrogen-bond acceptors (Lipinski definition) is 3. The van der Waals surface area contributed by atoms with Gasteiger partial charge >= 0.3 is 0 Å². The molecule has 0 aliphatic carbocycles. The first-order valence-corrected chi connectivity index (χ1v) is 9.44. The fourth-order valence-corrected chi connectivity index (χ4v) is 4.20. The third-order valence-corrected chi connectivity index (χ3v) is 5.89. The summed E-state index contributed by atoms with van der Waals surface area (Å²) >= 11 is 1.59. The number of anilines is 1. The molecule has 0 aromatic heterocycles. The molecule has 0 saturated carbocycles. The van der Waals surface area contributed by atoms with Gasteiger partial charge in [0.25, 0.3) is 0 Å². The highest BCUT2D eigenvalue weighted by atomic mass is 32.2. The Labute approximate surface area is 153 Å². The lowest BCUT2D eigenvalue weighted by atomic mass is 10.0. The molecule has 2 aromatic carbocycles. The van der Waals surface area contributed by atoms with Gasteiger partial charge in [0.2, 0.25) is 5.91 Å². The molecule has 0 saturated heterocycles. The lowest BCUT2D eigenvalue weighted by Gasteiger charge is -2.15. The largest absolute Gasteiger partial charge is 0.312 e. The van der Waals surface area contributed by atoms with Crippen molar-refractivity contribution >= 4 is 29.1 Å². The summed E-state index contributed by atoms with van der Waals surface area (Å²) in [6.45, 7) is 8.42. The Bertz CT molecular complexity index is 844. The van der Waals surface area contributed by atoms with Gasteiger partial charge in [0.15, 0.2) is 5.78 Å². The van der Waals surface area contributed by atoms with E-state index in [0.29, 0.717) is 6.54 Å². The maximum Gasteiger partial charge on any atom is 0.223 e. The smallest absolute Gasteiger partial charge is 0.223 e. The zero-order valence-electron chi connectivity index (χ0n) is 15.1. The second-order valence-corrected chi connectivity index (χ2v) is 8.05. The van der Waals surface area contributed by atoms with Gasteiger partial charge in [-0.15, -0.1) is 11.8 Å². The highest BCUT2D eigenvalue weighted by molar-refractivity contribution is 8.00. The number of thioether (sulfide) groups is 1. The van der Waals surface area contributed by atoms with Crippen LogP contribution in [0.4, 0.5) is 5.69 Å². The quantitative estimate of drug-likeness (QED) is 0.596. The Kier molecular flexibility index (Phi) is 5.00. The molecule has 4 heteroatoms. The van der Waals surface area contributed by atoms with Gasteiger partial charge in [0.05, 0.1) is 5.25 Å². The summed E-state index contributed by atoms with van der Waals surface area (Å²) in [6, 6.07) is 12.0. The van der Waals surface area contributed by atoms with Crippen molar-refractivity contribution in [1.82, 2.24) is 0 Å². The minimum absolute atomic E-state index is 0.0523. The molecule has 1 aliphatic heterocycles. The number of carbonyl (C=O) groups is 2. The van der Waals surface area contributed by atoms with Gasteiger partial charge in [-0.1, -0.05) is 6.07 Å². The zero-order chi connectivity index (χ0) is 18.1. The molecule has 1 aliphatic rings. The molecular formula is C21H23NO2S. The molecule has 0 bridgehead atoms. The SMILES string of the molecule is CC(=O)N1CCc2cc(C(=O)C(C)Sc3ccc(C)c(C)c3)ccc21. The third kappa shape index (κ3) is 3.64. The highest BCUT2D eigenvalue weighted by Crippen LogP contribution is 2.31. The average Bonchev–Trinajstić information content (AvgIpc) is 3.00. The van der Waals surface area contributed by atoms with Crippen molar-refractivity contribution in [3.8, 4) is 0 Å². The Balaban J connectivity index is 1.76. The molecule has 130 valence electrons. The van der Waals surface area contributed by atoms with E-state index in [0.717, 1.165) is 28.1 Å². The summed E-state index contributed by atoms with van der Waals surface area (Å²) in [5.74, 6) is 0.184. The van der Waals surface area contributed by atoms with Crippen molar-refractivity contribution in [2.24, 2.45) is 0 Å². The first kappa shape index (κ1) is 17.7. The van der Waals surface area contributed by atoms with Crippen molar-refractivity contribution in [3.05, 3.63) is 58.7 Å². The second kappa shape index (κ2) is 7.04. The van der Waals surface area contributed by atoms with E-state index >= 15 is 0 Å². The number of aryl methyl sites for hydroxylation is 2. The van der Waals surface area contributed by atoms with E-state index in [1.165, 1.54) is 11.1 Å². The Morgan fingerprint density at radius 2 is 1.84 bits per heavy atom. The fourth-order valence-electron chi connectivity index (χ4n) is 3.16. The number of ketones is 1. The molecule has 0 spiro atoms. The minimum Gasteiger partial charge on any atom is -0.312 e. The molecule has 2 aromatic rings. The van der Waals surface area contributed by atoms with Crippen LogP contribution in [0.1, 0.15) is 40.9 Å². The normalized spacial score (nSPS) is 14.3. The van der Waals surface area contributed by atoms with E-state index in [1.54, 1.807) is 23.6 Å².